The van der Waals surface area contributed by atoms with E-state index in [0.29, 0.717) is 24.6 Å². The number of benzene rings is 2. The number of hydrogen-bond donors (Lipinski definition) is 0. The molecule has 1 atom stereocenters. The Labute approximate surface area is 158 Å². The molecule has 1 amide bonds. The molecule has 0 N–H and O–H groups in total. The van der Waals surface area contributed by atoms with Gasteiger partial charge in [-0.3, -0.25) is 4.79 Å². The first kappa shape index (κ1) is 17.5. The van der Waals surface area contributed by atoms with Crippen molar-refractivity contribution in [1.82, 2.24) is 4.90 Å². The number of carbonyl (C=O) groups is 1. The van der Waals surface area contributed by atoms with E-state index in [-0.39, 0.29) is 19.3 Å². The molecular weight excluding hydrogens is 346 g/mol. The van der Waals surface area contributed by atoms with E-state index in [2.05, 4.69) is 6.92 Å². The van der Waals surface area contributed by atoms with Crippen molar-refractivity contribution in [2.24, 2.45) is 0 Å². The van der Waals surface area contributed by atoms with E-state index < -0.39 is 6.10 Å². The highest BCUT2D eigenvalue weighted by Crippen LogP contribution is 2.36. The van der Waals surface area contributed by atoms with Gasteiger partial charge in [-0.15, -0.1) is 0 Å². The van der Waals surface area contributed by atoms with Crippen LogP contribution >= 0.6 is 0 Å². The number of carbonyl (C=O) groups excluding carboxylic acids is 1. The molecule has 2 heterocycles. The lowest BCUT2D eigenvalue weighted by atomic mass is 10.1. The van der Waals surface area contributed by atoms with Gasteiger partial charge >= 0.3 is 0 Å². The maximum atomic E-state index is 13.2. The van der Waals surface area contributed by atoms with E-state index in [9.17, 15) is 4.79 Å². The summed E-state index contributed by atoms with van der Waals surface area (Å²) in [7, 11) is 0. The molecule has 6 nitrogen and oxygen atoms in total. The van der Waals surface area contributed by atoms with Gasteiger partial charge in [-0.1, -0.05) is 37.6 Å². The second kappa shape index (κ2) is 7.78. The first-order valence-corrected chi connectivity index (χ1v) is 9.31. The fourth-order valence-electron chi connectivity index (χ4n) is 3.28. The second-order valence-electron chi connectivity index (χ2n) is 6.63. The molecule has 6 heteroatoms. The van der Waals surface area contributed by atoms with Crippen molar-refractivity contribution in [2.45, 2.75) is 32.4 Å². The van der Waals surface area contributed by atoms with Gasteiger partial charge in [-0.05, 0) is 24.6 Å². The van der Waals surface area contributed by atoms with Gasteiger partial charge in [0.15, 0.2) is 23.0 Å². The SMILES string of the molecule is CCCCN(Cc1cccc2c1OCO2)C(=O)C1COc2ccccc2O1. The molecule has 2 aromatic carbocycles. The number of rotatable bonds is 6. The third kappa shape index (κ3) is 3.65. The van der Waals surface area contributed by atoms with Crippen molar-refractivity contribution in [3.8, 4) is 23.0 Å². The number of hydrogen-bond acceptors (Lipinski definition) is 5. The summed E-state index contributed by atoms with van der Waals surface area (Å²) in [6.45, 7) is 3.64. The van der Waals surface area contributed by atoms with Crippen molar-refractivity contribution in [1.29, 1.82) is 0 Å². The van der Waals surface area contributed by atoms with Crippen molar-refractivity contribution in [2.75, 3.05) is 19.9 Å². The van der Waals surface area contributed by atoms with Gasteiger partial charge in [0, 0.05) is 18.7 Å². The summed E-state index contributed by atoms with van der Waals surface area (Å²) in [5, 5.41) is 0. The minimum absolute atomic E-state index is 0.0746. The molecule has 0 bridgehead atoms. The van der Waals surface area contributed by atoms with Crippen LogP contribution < -0.4 is 18.9 Å². The number of nitrogens with zero attached hydrogens (tertiary/aromatic N) is 1. The monoisotopic (exact) mass is 369 g/mol. The van der Waals surface area contributed by atoms with Gasteiger partial charge in [0.05, 0.1) is 0 Å². The minimum atomic E-state index is -0.648. The Kier molecular flexibility index (Phi) is 5.05. The van der Waals surface area contributed by atoms with E-state index >= 15 is 0 Å². The Morgan fingerprint density at radius 3 is 2.70 bits per heavy atom. The second-order valence-corrected chi connectivity index (χ2v) is 6.63. The molecule has 2 aromatic rings. The quantitative estimate of drug-likeness (QED) is 0.781. The molecule has 0 radical (unpaired) electrons. The zero-order chi connectivity index (χ0) is 18.6. The molecule has 0 spiro atoms. The highest BCUT2D eigenvalue weighted by molar-refractivity contribution is 5.82. The lowest BCUT2D eigenvalue weighted by molar-refractivity contribution is -0.142. The maximum Gasteiger partial charge on any atom is 0.267 e. The van der Waals surface area contributed by atoms with E-state index in [0.717, 1.165) is 29.9 Å². The van der Waals surface area contributed by atoms with Crippen LogP contribution in [-0.2, 0) is 11.3 Å². The highest BCUT2D eigenvalue weighted by atomic mass is 16.7. The van der Waals surface area contributed by atoms with Gasteiger partial charge in [0.1, 0.15) is 6.61 Å². The Balaban J connectivity index is 1.52. The van der Waals surface area contributed by atoms with E-state index in [1.54, 1.807) is 0 Å². The van der Waals surface area contributed by atoms with Crippen LogP contribution in [0.1, 0.15) is 25.3 Å². The topological polar surface area (TPSA) is 57.2 Å². The fraction of sp³-hybridized carbons (Fsp3) is 0.381. The molecule has 27 heavy (non-hydrogen) atoms. The summed E-state index contributed by atoms with van der Waals surface area (Å²) >= 11 is 0. The predicted molar refractivity (Wildman–Crippen MR) is 99.2 cm³/mol. The average molecular weight is 369 g/mol. The Bertz CT molecular complexity index is 822. The molecule has 4 rings (SSSR count). The number of fused-ring (bicyclic) bond motifs is 2. The molecule has 0 saturated heterocycles. The summed E-state index contributed by atoms with van der Waals surface area (Å²) in [5.74, 6) is 2.65. The normalized spacial score (nSPS) is 16.9. The number of amides is 1. The third-order valence-electron chi connectivity index (χ3n) is 4.72. The first-order valence-electron chi connectivity index (χ1n) is 9.31. The van der Waals surface area contributed by atoms with E-state index in [1.165, 1.54) is 0 Å². The van der Waals surface area contributed by atoms with Crippen molar-refractivity contribution >= 4 is 5.91 Å². The zero-order valence-corrected chi connectivity index (χ0v) is 15.3. The highest BCUT2D eigenvalue weighted by Gasteiger charge is 2.31. The number of para-hydroxylation sites is 3. The summed E-state index contributed by atoms with van der Waals surface area (Å²) < 4.78 is 22.7. The largest absolute Gasteiger partial charge is 0.485 e. The summed E-state index contributed by atoms with van der Waals surface area (Å²) in [6, 6.07) is 13.2. The van der Waals surface area contributed by atoms with Gasteiger partial charge in [-0.25, -0.2) is 0 Å². The Hall–Kier alpha value is -2.89. The van der Waals surface area contributed by atoms with Crippen LogP contribution in [-0.4, -0.2) is 36.9 Å². The van der Waals surface area contributed by atoms with Gasteiger partial charge in [0.2, 0.25) is 12.9 Å². The maximum absolute atomic E-state index is 13.2. The lowest BCUT2D eigenvalue weighted by Crippen LogP contribution is -2.46. The smallest absolute Gasteiger partial charge is 0.267 e. The Morgan fingerprint density at radius 2 is 1.85 bits per heavy atom. The molecule has 0 saturated carbocycles. The summed E-state index contributed by atoms with van der Waals surface area (Å²) in [5.41, 5.74) is 0.937. The van der Waals surface area contributed by atoms with Crippen LogP contribution in [0.25, 0.3) is 0 Å². The zero-order valence-electron chi connectivity index (χ0n) is 15.3. The van der Waals surface area contributed by atoms with Gasteiger partial charge < -0.3 is 23.8 Å². The summed E-state index contributed by atoms with van der Waals surface area (Å²) in [6.07, 6.45) is 1.27. The van der Waals surface area contributed by atoms with Crippen LogP contribution in [0, 0.1) is 0 Å². The van der Waals surface area contributed by atoms with Crippen LogP contribution in [0.3, 0.4) is 0 Å². The molecule has 0 aromatic heterocycles. The van der Waals surface area contributed by atoms with Crippen molar-refractivity contribution in [3.63, 3.8) is 0 Å². The molecule has 0 fully saturated rings. The van der Waals surface area contributed by atoms with Crippen LogP contribution in [0.15, 0.2) is 42.5 Å². The fourth-order valence-corrected chi connectivity index (χ4v) is 3.28. The average Bonchev–Trinajstić information content (AvgIpc) is 3.20. The van der Waals surface area contributed by atoms with E-state index in [1.807, 2.05) is 47.4 Å². The molecule has 0 aliphatic carbocycles. The minimum Gasteiger partial charge on any atom is -0.485 e. The first-order chi connectivity index (χ1) is 13.3. The van der Waals surface area contributed by atoms with Gasteiger partial charge in [-0.2, -0.15) is 0 Å². The summed E-state index contributed by atoms with van der Waals surface area (Å²) in [4.78, 5) is 15.0. The predicted octanol–water partition coefficient (Wildman–Crippen LogP) is 3.38. The van der Waals surface area contributed by atoms with Crippen molar-refractivity contribution in [3.05, 3.63) is 48.0 Å². The molecule has 2 aliphatic rings. The van der Waals surface area contributed by atoms with Gasteiger partial charge in [0.25, 0.3) is 5.91 Å². The molecule has 142 valence electrons. The van der Waals surface area contributed by atoms with Crippen LogP contribution in [0.5, 0.6) is 23.0 Å². The molecule has 1 unspecified atom stereocenters. The Morgan fingerprint density at radius 1 is 1.04 bits per heavy atom. The number of unbranched alkanes of at least 4 members (excludes halogenated alkanes) is 1. The molecular formula is C21H23NO5. The standard InChI is InChI=1S/C21H23NO5/c1-2-3-11-22(12-15-7-6-10-18-20(15)26-14-25-18)21(23)19-13-24-16-8-4-5-9-17(16)27-19/h4-10,19H,2-3,11-14H2,1H3. The van der Waals surface area contributed by atoms with Crippen molar-refractivity contribution < 1.29 is 23.7 Å². The lowest BCUT2D eigenvalue weighted by Gasteiger charge is -2.31. The van der Waals surface area contributed by atoms with Crippen LogP contribution in [0.4, 0.5) is 0 Å². The number of ether oxygens (including phenoxy) is 4. The molecule has 2 aliphatic heterocycles. The van der Waals surface area contributed by atoms with E-state index in [4.69, 9.17) is 18.9 Å². The third-order valence-corrected chi connectivity index (χ3v) is 4.72. The van der Waals surface area contributed by atoms with Crippen LogP contribution in [0.2, 0.25) is 0 Å².